The summed E-state index contributed by atoms with van der Waals surface area (Å²) in [6, 6.07) is 8.75. The quantitative estimate of drug-likeness (QED) is 0.458. The minimum Gasteiger partial charge on any atom is -0.446 e. The van der Waals surface area contributed by atoms with Crippen LogP contribution in [0.2, 0.25) is 0 Å². The topological polar surface area (TPSA) is 53.1 Å². The molecule has 0 radical (unpaired) electrons. The summed E-state index contributed by atoms with van der Waals surface area (Å²) in [7, 11) is 0. The molecule has 0 N–H and O–H groups in total. The summed E-state index contributed by atoms with van der Waals surface area (Å²) in [4.78, 5) is 4.65. The molecule has 0 spiro atoms. The number of benzene rings is 2. The van der Waals surface area contributed by atoms with Gasteiger partial charge in [0.05, 0.1) is 23.7 Å². The third kappa shape index (κ3) is 5.53. The van der Waals surface area contributed by atoms with Gasteiger partial charge in [0.15, 0.2) is 0 Å². The second-order valence-electron chi connectivity index (χ2n) is 6.44. The number of rotatable bonds is 5. The number of anilines is 1. The van der Waals surface area contributed by atoms with E-state index in [1.807, 2.05) is 0 Å². The number of halogens is 7. The van der Waals surface area contributed by atoms with Gasteiger partial charge in [0, 0.05) is 11.3 Å². The summed E-state index contributed by atoms with van der Waals surface area (Å²) < 4.78 is 97.1. The fourth-order valence-corrected chi connectivity index (χ4v) is 2.82. The van der Waals surface area contributed by atoms with Crippen LogP contribution in [0.1, 0.15) is 17.0 Å². The summed E-state index contributed by atoms with van der Waals surface area (Å²) in [6.07, 6.45) is -8.52. The van der Waals surface area contributed by atoms with E-state index >= 15 is 0 Å². The molecule has 0 atom stereocenters. The van der Waals surface area contributed by atoms with Crippen molar-refractivity contribution in [2.24, 2.45) is 0 Å². The number of aromatic nitrogens is 1. The van der Waals surface area contributed by atoms with E-state index in [4.69, 9.17) is 9.68 Å². The minimum absolute atomic E-state index is 0.193. The molecule has 0 bridgehead atoms. The second-order valence-corrected chi connectivity index (χ2v) is 6.44. The average molecular weight is 443 g/mol. The van der Waals surface area contributed by atoms with Crippen LogP contribution >= 0.6 is 0 Å². The van der Waals surface area contributed by atoms with E-state index in [0.717, 1.165) is 30.5 Å². The lowest BCUT2D eigenvalue weighted by Gasteiger charge is -2.25. The van der Waals surface area contributed by atoms with E-state index in [2.05, 4.69) is 4.98 Å². The van der Waals surface area contributed by atoms with Crippen LogP contribution in [0.25, 0.3) is 11.3 Å². The monoisotopic (exact) mass is 443 g/mol. The summed E-state index contributed by atoms with van der Waals surface area (Å²) in [5.74, 6) is -0.688. The molecule has 3 aromatic rings. The SMILES string of the molecule is N#Cc1ccc(N(Cc2nc(-c3ccc(F)cc3)co2)CC(F)(F)F)cc1C(F)(F)F. The summed E-state index contributed by atoms with van der Waals surface area (Å²) in [6.45, 7) is -2.17. The van der Waals surface area contributed by atoms with Gasteiger partial charge in [-0.05, 0) is 42.5 Å². The van der Waals surface area contributed by atoms with Crippen LogP contribution in [0.15, 0.2) is 53.1 Å². The fraction of sp³-hybridized carbons (Fsp3) is 0.200. The molecule has 162 valence electrons. The van der Waals surface area contributed by atoms with Crippen LogP contribution in [-0.4, -0.2) is 17.7 Å². The molecule has 2 aromatic carbocycles. The van der Waals surface area contributed by atoms with E-state index < -0.39 is 48.1 Å². The first-order valence-corrected chi connectivity index (χ1v) is 8.59. The zero-order chi connectivity index (χ0) is 22.8. The number of hydrogen-bond acceptors (Lipinski definition) is 4. The molecule has 1 aromatic heterocycles. The Hall–Kier alpha value is -3.55. The molecule has 0 aliphatic rings. The average Bonchev–Trinajstić information content (AvgIpc) is 3.14. The van der Waals surface area contributed by atoms with Crippen molar-refractivity contribution in [3.05, 3.63) is 71.6 Å². The minimum atomic E-state index is -4.93. The number of nitriles is 1. The number of nitrogens with zero attached hydrogens (tertiary/aromatic N) is 3. The van der Waals surface area contributed by atoms with Gasteiger partial charge in [-0.2, -0.15) is 31.6 Å². The second kappa shape index (κ2) is 8.29. The van der Waals surface area contributed by atoms with Gasteiger partial charge >= 0.3 is 12.4 Å². The van der Waals surface area contributed by atoms with Gasteiger partial charge in [0.2, 0.25) is 5.89 Å². The Kier molecular flexibility index (Phi) is 5.92. The van der Waals surface area contributed by atoms with Crippen LogP contribution in [-0.2, 0) is 12.7 Å². The molecular weight excluding hydrogens is 431 g/mol. The maximum Gasteiger partial charge on any atom is 0.417 e. The molecule has 0 fully saturated rings. The van der Waals surface area contributed by atoms with Crippen molar-refractivity contribution in [2.45, 2.75) is 18.9 Å². The van der Waals surface area contributed by atoms with Gasteiger partial charge in [-0.25, -0.2) is 9.37 Å². The first-order valence-electron chi connectivity index (χ1n) is 8.59. The highest BCUT2D eigenvalue weighted by molar-refractivity contribution is 5.58. The lowest BCUT2D eigenvalue weighted by Crippen LogP contribution is -2.34. The van der Waals surface area contributed by atoms with Gasteiger partial charge in [0.1, 0.15) is 24.3 Å². The van der Waals surface area contributed by atoms with Crippen molar-refractivity contribution in [1.82, 2.24) is 4.98 Å². The molecule has 31 heavy (non-hydrogen) atoms. The summed E-state index contributed by atoms with van der Waals surface area (Å²) in [5, 5.41) is 8.87. The van der Waals surface area contributed by atoms with Crippen molar-refractivity contribution in [2.75, 3.05) is 11.4 Å². The third-order valence-electron chi connectivity index (χ3n) is 4.18. The first-order chi connectivity index (χ1) is 14.5. The normalized spacial score (nSPS) is 11.9. The standard InChI is InChI=1S/C20H12F7N3O/c21-14-4-1-12(2-5-14)17-10-31-18(29-17)9-30(11-19(22,23)24)15-6-3-13(8-28)16(7-15)20(25,26)27/h1-7,10H,9,11H2. The Morgan fingerprint density at radius 2 is 1.68 bits per heavy atom. The molecule has 0 unspecified atom stereocenters. The highest BCUT2D eigenvalue weighted by atomic mass is 19.4. The zero-order valence-electron chi connectivity index (χ0n) is 15.4. The summed E-state index contributed by atoms with van der Waals surface area (Å²) >= 11 is 0. The third-order valence-corrected chi connectivity index (χ3v) is 4.18. The molecule has 0 aliphatic heterocycles. The molecule has 11 heteroatoms. The largest absolute Gasteiger partial charge is 0.446 e. The maximum atomic E-state index is 13.2. The van der Waals surface area contributed by atoms with Gasteiger partial charge in [-0.15, -0.1) is 0 Å². The number of hydrogen-bond donors (Lipinski definition) is 0. The Morgan fingerprint density at radius 1 is 1.00 bits per heavy atom. The van der Waals surface area contributed by atoms with Crippen molar-refractivity contribution in [3.8, 4) is 17.3 Å². The van der Waals surface area contributed by atoms with Crippen molar-refractivity contribution < 1.29 is 35.2 Å². The number of alkyl halides is 6. The molecule has 0 amide bonds. The summed E-state index contributed by atoms with van der Waals surface area (Å²) in [5.41, 5.74) is -1.81. The molecule has 1 heterocycles. The molecular formula is C20H12F7N3O. The predicted octanol–water partition coefficient (Wildman–Crippen LogP) is 5.94. The maximum absolute atomic E-state index is 13.2. The van der Waals surface area contributed by atoms with Crippen LogP contribution in [0.5, 0.6) is 0 Å². The zero-order valence-corrected chi connectivity index (χ0v) is 15.4. The van der Waals surface area contributed by atoms with Gasteiger partial charge < -0.3 is 9.32 Å². The molecule has 4 nitrogen and oxygen atoms in total. The van der Waals surface area contributed by atoms with Crippen molar-refractivity contribution in [3.63, 3.8) is 0 Å². The Balaban J connectivity index is 1.94. The van der Waals surface area contributed by atoms with Gasteiger partial charge in [-0.3, -0.25) is 0 Å². The molecule has 3 rings (SSSR count). The lowest BCUT2D eigenvalue weighted by molar-refractivity contribution is -0.137. The van der Waals surface area contributed by atoms with E-state index in [0.29, 0.717) is 16.5 Å². The van der Waals surface area contributed by atoms with E-state index in [1.165, 1.54) is 18.2 Å². The van der Waals surface area contributed by atoms with Crippen LogP contribution in [0.4, 0.5) is 36.4 Å². The Morgan fingerprint density at radius 3 is 2.26 bits per heavy atom. The lowest BCUT2D eigenvalue weighted by atomic mass is 10.1. The number of oxazole rings is 1. The van der Waals surface area contributed by atoms with Crippen molar-refractivity contribution in [1.29, 1.82) is 5.26 Å². The Bertz CT molecular complexity index is 1100. The van der Waals surface area contributed by atoms with E-state index in [1.54, 1.807) is 0 Å². The van der Waals surface area contributed by atoms with Crippen molar-refractivity contribution >= 4 is 5.69 Å². The fourth-order valence-electron chi connectivity index (χ4n) is 2.82. The molecule has 0 aliphatic carbocycles. The van der Waals surface area contributed by atoms with Crippen LogP contribution < -0.4 is 4.90 Å². The van der Waals surface area contributed by atoms with Crippen LogP contribution in [0, 0.1) is 17.1 Å². The van der Waals surface area contributed by atoms with Crippen LogP contribution in [0.3, 0.4) is 0 Å². The highest BCUT2D eigenvalue weighted by Crippen LogP contribution is 2.35. The van der Waals surface area contributed by atoms with E-state index in [-0.39, 0.29) is 11.6 Å². The van der Waals surface area contributed by atoms with Gasteiger partial charge in [0.25, 0.3) is 0 Å². The highest BCUT2D eigenvalue weighted by Gasteiger charge is 2.36. The predicted molar refractivity (Wildman–Crippen MR) is 95.2 cm³/mol. The molecule has 0 saturated heterocycles. The van der Waals surface area contributed by atoms with Gasteiger partial charge in [-0.1, -0.05) is 0 Å². The molecule has 0 saturated carbocycles. The Labute approximate surface area is 171 Å². The smallest absolute Gasteiger partial charge is 0.417 e. The van der Waals surface area contributed by atoms with E-state index in [9.17, 15) is 30.7 Å². The first kappa shape index (κ1) is 22.1.